The summed E-state index contributed by atoms with van der Waals surface area (Å²) in [4.78, 5) is 52.0. The topological polar surface area (TPSA) is 188 Å². The first kappa shape index (κ1) is 47.0. The molecule has 0 aliphatic heterocycles. The number of ether oxygens (including phenoxy) is 2. The zero-order valence-corrected chi connectivity index (χ0v) is 35.6. The van der Waals surface area contributed by atoms with E-state index in [1.54, 1.807) is 97.1 Å². The van der Waals surface area contributed by atoms with Crippen molar-refractivity contribution >= 4 is 23.1 Å². The van der Waals surface area contributed by atoms with Crippen LogP contribution < -0.4 is 0 Å². The summed E-state index contributed by atoms with van der Waals surface area (Å²) in [5, 5.41) is 53.3. The first-order valence-electron chi connectivity index (χ1n) is 19.5. The number of rotatable bonds is 19. The maximum absolute atomic E-state index is 13.1. The minimum atomic E-state index is -1.64. The van der Waals surface area contributed by atoms with Gasteiger partial charge in [0.05, 0.1) is 18.6 Å². The Morgan fingerprint density at radius 2 is 0.780 bits per heavy atom. The highest BCUT2D eigenvalue weighted by molar-refractivity contribution is 6.03. The van der Waals surface area contributed by atoms with Crippen molar-refractivity contribution in [1.82, 2.24) is 0 Å². The largest absolute Gasteiger partial charge is 0.396 e. The van der Waals surface area contributed by atoms with Gasteiger partial charge in [-0.15, -0.1) is 0 Å². The van der Waals surface area contributed by atoms with Gasteiger partial charge in [-0.3, -0.25) is 19.2 Å². The molecule has 4 rings (SSSR count). The Bertz CT molecular complexity index is 1960. The van der Waals surface area contributed by atoms with Gasteiger partial charge in [-0.25, -0.2) is 0 Å². The van der Waals surface area contributed by atoms with Gasteiger partial charge >= 0.3 is 0 Å². The molecule has 0 bridgehead atoms. The maximum Gasteiger partial charge on any atom is 0.193 e. The van der Waals surface area contributed by atoms with Crippen molar-refractivity contribution in [2.24, 2.45) is 5.41 Å². The normalized spacial score (nSPS) is 13.9. The second kappa shape index (κ2) is 17.5. The fourth-order valence-electron chi connectivity index (χ4n) is 7.32. The van der Waals surface area contributed by atoms with Gasteiger partial charge in [0.2, 0.25) is 0 Å². The summed E-state index contributed by atoms with van der Waals surface area (Å²) in [6, 6.07) is 26.2. The Morgan fingerprint density at radius 3 is 1.00 bits per heavy atom. The fraction of sp³-hybridized carbons (Fsp3) is 0.417. The number of hydrogen-bond acceptors (Lipinski definition) is 11. The molecular formula is C48H58O11. The van der Waals surface area contributed by atoms with Crippen molar-refractivity contribution < 1.29 is 54.2 Å². The Kier molecular flexibility index (Phi) is 13.9. The molecule has 0 saturated heterocycles. The summed E-state index contributed by atoms with van der Waals surface area (Å²) < 4.78 is 13.4. The van der Waals surface area contributed by atoms with Crippen LogP contribution in [0.3, 0.4) is 0 Å². The lowest BCUT2D eigenvalue weighted by atomic mass is 9.63. The fourth-order valence-corrected chi connectivity index (χ4v) is 7.32. The Morgan fingerprint density at radius 1 is 0.508 bits per heavy atom. The van der Waals surface area contributed by atoms with Gasteiger partial charge in [-0.2, -0.15) is 0 Å². The Labute approximate surface area is 346 Å². The Balaban J connectivity index is 1.93. The molecule has 11 nitrogen and oxygen atoms in total. The summed E-state index contributed by atoms with van der Waals surface area (Å²) >= 11 is 0. The quantitative estimate of drug-likeness (QED) is 0.0644. The monoisotopic (exact) mass is 810 g/mol. The highest BCUT2D eigenvalue weighted by Gasteiger charge is 2.54. The van der Waals surface area contributed by atoms with Crippen LogP contribution >= 0.6 is 0 Å². The second-order valence-corrected chi connectivity index (χ2v) is 17.3. The van der Waals surface area contributed by atoms with Crippen LogP contribution in [0.1, 0.15) is 139 Å². The van der Waals surface area contributed by atoms with Crippen molar-refractivity contribution in [3.8, 4) is 0 Å². The van der Waals surface area contributed by atoms with Gasteiger partial charge in [0.25, 0.3) is 0 Å². The van der Waals surface area contributed by atoms with E-state index < -0.39 is 69.3 Å². The van der Waals surface area contributed by atoms with Gasteiger partial charge in [0.1, 0.15) is 34.1 Å². The number of hydrogen-bond donors (Lipinski definition) is 5. The molecule has 0 aliphatic rings. The second-order valence-electron chi connectivity index (χ2n) is 17.3. The van der Waals surface area contributed by atoms with Gasteiger partial charge in [0, 0.05) is 29.4 Å². The SMILES string of the molecule is CCC(CO)(COC(c1ccc(C(=O)C(C)(C)O)cc1)c1ccc(C(=O)C(C)(C)O)cc1)C(OC)(c1ccc(C(=O)C(C)(C)O)cc1)c1ccc(C(=O)C(C)(C)O)cc1. The van der Waals surface area contributed by atoms with E-state index in [4.69, 9.17) is 9.47 Å². The molecule has 5 N–H and O–H groups in total. The number of ketones is 4. The number of Topliss-reactive ketones (excluding diaryl/α,β-unsaturated/α-hetero) is 4. The average Bonchev–Trinajstić information content (AvgIpc) is 3.19. The molecule has 0 aliphatic carbocycles. The highest BCUT2D eigenvalue weighted by atomic mass is 16.5. The molecule has 0 aromatic heterocycles. The molecule has 0 amide bonds. The van der Waals surface area contributed by atoms with Crippen molar-refractivity contribution in [1.29, 1.82) is 0 Å². The standard InChI is InChI=1S/C48H58O11/c1-11-47(28-49,29-59-38(30-12-16-32(17-13-30)39(50)43(2,3)54)31-14-18-33(19-15-31)40(51)44(4,5)55)48(58-10,36-24-20-34(21-25-36)41(52)45(6,7)56)37-26-22-35(23-27-37)42(53)46(8,9)57/h12-27,38,49,54-57H,11,28-29H2,1-10H3. The smallest absolute Gasteiger partial charge is 0.193 e. The number of aliphatic hydroxyl groups excluding tert-OH is 1. The third kappa shape index (κ3) is 9.85. The minimum absolute atomic E-state index is 0.165. The average molecular weight is 811 g/mol. The van der Waals surface area contributed by atoms with E-state index in [0.717, 1.165) is 0 Å². The van der Waals surface area contributed by atoms with Crippen LogP contribution in [0.4, 0.5) is 0 Å². The van der Waals surface area contributed by atoms with Gasteiger partial charge in [0.15, 0.2) is 23.1 Å². The molecule has 4 aromatic rings. The van der Waals surface area contributed by atoms with Gasteiger partial charge in [-0.1, -0.05) is 104 Å². The number of aliphatic hydroxyl groups is 5. The molecule has 0 spiro atoms. The molecule has 59 heavy (non-hydrogen) atoms. The molecule has 1 atom stereocenters. The molecule has 4 aromatic carbocycles. The number of carbonyl (C=O) groups excluding carboxylic acids is 4. The van der Waals surface area contributed by atoms with Crippen molar-refractivity contribution in [2.75, 3.05) is 20.3 Å². The zero-order chi connectivity index (χ0) is 44.4. The molecule has 0 heterocycles. The summed E-state index contributed by atoms with van der Waals surface area (Å²) in [7, 11) is 1.49. The van der Waals surface area contributed by atoms with E-state index in [2.05, 4.69) is 0 Å². The molecule has 1 unspecified atom stereocenters. The van der Waals surface area contributed by atoms with E-state index in [1.807, 2.05) is 6.92 Å². The summed E-state index contributed by atoms with van der Waals surface area (Å²) in [5.41, 5.74) is -5.98. The summed E-state index contributed by atoms with van der Waals surface area (Å²) in [6.07, 6.45) is -0.588. The number of carbonyl (C=O) groups is 4. The van der Waals surface area contributed by atoms with Gasteiger partial charge < -0.3 is 35.0 Å². The van der Waals surface area contributed by atoms with E-state index in [9.17, 15) is 44.7 Å². The summed E-state index contributed by atoms with van der Waals surface area (Å²) in [6.45, 7) is 12.5. The van der Waals surface area contributed by atoms with Crippen molar-refractivity contribution in [3.05, 3.63) is 142 Å². The van der Waals surface area contributed by atoms with Crippen LogP contribution in [0.25, 0.3) is 0 Å². The minimum Gasteiger partial charge on any atom is -0.396 e. The van der Waals surface area contributed by atoms with Crippen LogP contribution in [0.5, 0.6) is 0 Å². The third-order valence-corrected chi connectivity index (χ3v) is 10.8. The molecule has 316 valence electrons. The van der Waals surface area contributed by atoms with E-state index in [-0.39, 0.29) is 35.3 Å². The molecule has 0 saturated carbocycles. The first-order chi connectivity index (χ1) is 27.3. The number of benzene rings is 4. The highest BCUT2D eigenvalue weighted by Crippen LogP contribution is 2.51. The predicted octanol–water partition coefficient (Wildman–Crippen LogP) is 6.59. The zero-order valence-electron chi connectivity index (χ0n) is 35.6. The van der Waals surface area contributed by atoms with Crippen LogP contribution in [-0.4, -0.2) is 91.4 Å². The molecule has 0 radical (unpaired) electrons. The van der Waals surface area contributed by atoms with E-state index in [1.165, 1.54) is 62.5 Å². The molecule has 11 heteroatoms. The first-order valence-corrected chi connectivity index (χ1v) is 19.5. The van der Waals surface area contributed by atoms with E-state index in [0.29, 0.717) is 22.3 Å². The van der Waals surface area contributed by atoms with E-state index >= 15 is 0 Å². The van der Waals surface area contributed by atoms with Crippen LogP contribution in [0.15, 0.2) is 97.1 Å². The molecular weight excluding hydrogens is 753 g/mol. The lowest BCUT2D eigenvalue weighted by Gasteiger charge is -2.49. The maximum atomic E-state index is 13.1. The lowest BCUT2D eigenvalue weighted by molar-refractivity contribution is -0.154. The van der Waals surface area contributed by atoms with Crippen molar-refractivity contribution in [3.63, 3.8) is 0 Å². The molecule has 0 fully saturated rings. The summed E-state index contributed by atoms with van der Waals surface area (Å²) in [5.74, 6) is -1.95. The predicted molar refractivity (Wildman–Crippen MR) is 224 cm³/mol. The van der Waals surface area contributed by atoms with Crippen LogP contribution in [0, 0.1) is 5.41 Å². The lowest BCUT2D eigenvalue weighted by Crippen LogP contribution is -2.53. The number of methoxy groups -OCH3 is 1. The third-order valence-electron chi connectivity index (χ3n) is 10.8. The Hall–Kier alpha value is -4.72. The van der Waals surface area contributed by atoms with Crippen LogP contribution in [-0.2, 0) is 15.1 Å². The van der Waals surface area contributed by atoms with Crippen LogP contribution in [0.2, 0.25) is 0 Å². The van der Waals surface area contributed by atoms with Crippen molar-refractivity contribution in [2.45, 2.75) is 103 Å². The van der Waals surface area contributed by atoms with Gasteiger partial charge in [-0.05, 0) is 84.1 Å².